The van der Waals surface area contributed by atoms with E-state index in [9.17, 15) is 10.2 Å². The van der Waals surface area contributed by atoms with Crippen LogP contribution in [0.5, 0.6) is 0 Å². The van der Waals surface area contributed by atoms with E-state index in [0.29, 0.717) is 5.75 Å². The summed E-state index contributed by atoms with van der Waals surface area (Å²) in [5.41, 5.74) is 0.854. The summed E-state index contributed by atoms with van der Waals surface area (Å²) in [6.07, 6.45) is -1.22. The van der Waals surface area contributed by atoms with Crippen LogP contribution >= 0.6 is 11.8 Å². The zero-order valence-electron chi connectivity index (χ0n) is 8.63. The monoisotopic (exact) mass is 228 g/mol. The summed E-state index contributed by atoms with van der Waals surface area (Å²) in [6, 6.07) is 7.52. The van der Waals surface area contributed by atoms with E-state index < -0.39 is 12.2 Å². The van der Waals surface area contributed by atoms with Crippen LogP contribution in [0.2, 0.25) is 0 Å². The molecule has 1 aromatic rings. The first-order valence-corrected chi connectivity index (χ1v) is 5.82. The van der Waals surface area contributed by atoms with Crippen molar-refractivity contribution in [3.05, 3.63) is 29.8 Å². The molecule has 0 aliphatic carbocycles. The van der Waals surface area contributed by atoms with Crippen molar-refractivity contribution in [3.63, 3.8) is 0 Å². The van der Waals surface area contributed by atoms with Crippen molar-refractivity contribution < 1.29 is 15.3 Å². The molecule has 84 valence electrons. The van der Waals surface area contributed by atoms with Gasteiger partial charge in [0.25, 0.3) is 0 Å². The van der Waals surface area contributed by atoms with Crippen LogP contribution in [-0.4, -0.2) is 33.8 Å². The molecule has 1 aromatic carbocycles. The number of thioether (sulfide) groups is 1. The summed E-state index contributed by atoms with van der Waals surface area (Å²) in [5, 5.41) is 27.4. The number of benzene rings is 1. The highest BCUT2D eigenvalue weighted by Crippen LogP contribution is 2.27. The predicted octanol–water partition coefficient (Wildman–Crippen LogP) is 1.19. The van der Waals surface area contributed by atoms with E-state index >= 15 is 0 Å². The topological polar surface area (TPSA) is 60.7 Å². The predicted molar refractivity (Wildman–Crippen MR) is 60.9 cm³/mol. The third-order valence-corrected chi connectivity index (χ3v) is 3.25. The number of hydrogen-bond donors (Lipinski definition) is 3. The molecule has 0 saturated heterocycles. The lowest BCUT2D eigenvalue weighted by Crippen LogP contribution is -2.14. The third-order valence-electron chi connectivity index (χ3n) is 2.01. The van der Waals surface area contributed by atoms with Gasteiger partial charge in [0.1, 0.15) is 0 Å². The quantitative estimate of drug-likeness (QED) is 0.662. The maximum absolute atomic E-state index is 9.50. The summed E-state index contributed by atoms with van der Waals surface area (Å²) in [7, 11) is 0. The molecule has 0 bridgehead atoms. The van der Waals surface area contributed by atoms with Gasteiger partial charge in [-0.15, -0.1) is 11.8 Å². The fraction of sp³-hybridized carbons (Fsp3) is 0.455. The van der Waals surface area contributed by atoms with E-state index in [1.807, 2.05) is 24.3 Å². The minimum atomic E-state index is -0.711. The van der Waals surface area contributed by atoms with Crippen LogP contribution in [0.4, 0.5) is 0 Å². The highest BCUT2D eigenvalue weighted by Gasteiger charge is 2.09. The first kappa shape index (κ1) is 12.5. The molecular weight excluding hydrogens is 212 g/mol. The lowest BCUT2D eigenvalue weighted by atomic mass is 10.1. The van der Waals surface area contributed by atoms with Crippen LogP contribution in [0.15, 0.2) is 29.2 Å². The van der Waals surface area contributed by atoms with E-state index in [0.717, 1.165) is 10.5 Å². The highest BCUT2D eigenvalue weighted by atomic mass is 32.2. The zero-order chi connectivity index (χ0) is 11.3. The first-order chi connectivity index (χ1) is 7.15. The Kier molecular flexibility index (Phi) is 5.11. The SMILES string of the molecule is C[C@H](O)c1ccccc1SCC(O)CO. The Morgan fingerprint density at radius 2 is 1.93 bits per heavy atom. The normalized spacial score (nSPS) is 14.9. The Labute approximate surface area is 93.8 Å². The number of aliphatic hydroxyl groups is 3. The lowest BCUT2D eigenvalue weighted by molar-refractivity contribution is 0.113. The number of aliphatic hydroxyl groups excluding tert-OH is 3. The van der Waals surface area contributed by atoms with E-state index in [2.05, 4.69) is 0 Å². The van der Waals surface area contributed by atoms with Gasteiger partial charge in [-0.3, -0.25) is 0 Å². The van der Waals surface area contributed by atoms with Gasteiger partial charge in [0.2, 0.25) is 0 Å². The number of rotatable bonds is 5. The van der Waals surface area contributed by atoms with Crippen molar-refractivity contribution in [3.8, 4) is 0 Å². The average Bonchev–Trinajstić information content (AvgIpc) is 2.26. The van der Waals surface area contributed by atoms with Gasteiger partial charge in [-0.2, -0.15) is 0 Å². The Hall–Kier alpha value is -0.550. The van der Waals surface area contributed by atoms with E-state index in [1.54, 1.807) is 6.92 Å². The average molecular weight is 228 g/mol. The summed E-state index contributed by atoms with van der Waals surface area (Å²) in [6.45, 7) is 1.48. The Balaban J connectivity index is 2.67. The molecule has 0 heterocycles. The Morgan fingerprint density at radius 3 is 2.53 bits per heavy atom. The molecule has 0 saturated carbocycles. The largest absolute Gasteiger partial charge is 0.394 e. The molecule has 0 aliphatic heterocycles. The standard InChI is InChI=1S/C11H16O3S/c1-8(13)10-4-2-3-5-11(10)15-7-9(14)6-12/h2-5,8-9,12-14H,6-7H2,1H3/t8-,9?/m0/s1. The van der Waals surface area contributed by atoms with Gasteiger partial charge in [-0.05, 0) is 18.6 Å². The molecule has 0 amide bonds. The molecule has 4 heteroatoms. The smallest absolute Gasteiger partial charge is 0.0864 e. The fourth-order valence-corrected chi connectivity index (χ4v) is 2.25. The first-order valence-electron chi connectivity index (χ1n) is 4.84. The summed E-state index contributed by atoms with van der Waals surface area (Å²) in [4.78, 5) is 0.944. The van der Waals surface area contributed by atoms with Crippen LogP contribution in [0.3, 0.4) is 0 Å². The molecule has 3 nitrogen and oxygen atoms in total. The van der Waals surface area contributed by atoms with Crippen LogP contribution in [0.25, 0.3) is 0 Å². The zero-order valence-corrected chi connectivity index (χ0v) is 9.44. The molecular formula is C11H16O3S. The molecule has 0 radical (unpaired) electrons. The summed E-state index contributed by atoms with van der Waals surface area (Å²) >= 11 is 1.44. The van der Waals surface area contributed by atoms with Crippen molar-refractivity contribution in [2.24, 2.45) is 0 Å². The van der Waals surface area contributed by atoms with Crippen molar-refractivity contribution in [2.75, 3.05) is 12.4 Å². The molecule has 3 N–H and O–H groups in total. The highest BCUT2D eigenvalue weighted by molar-refractivity contribution is 7.99. The molecule has 0 spiro atoms. The van der Waals surface area contributed by atoms with Crippen LogP contribution in [0.1, 0.15) is 18.6 Å². The Morgan fingerprint density at radius 1 is 1.27 bits per heavy atom. The van der Waals surface area contributed by atoms with Gasteiger partial charge in [0.05, 0.1) is 18.8 Å². The molecule has 1 unspecified atom stereocenters. The minimum Gasteiger partial charge on any atom is -0.394 e. The van der Waals surface area contributed by atoms with Crippen LogP contribution in [0, 0.1) is 0 Å². The maximum atomic E-state index is 9.50. The van der Waals surface area contributed by atoms with Crippen molar-refractivity contribution in [1.82, 2.24) is 0 Å². The second-order valence-corrected chi connectivity index (χ2v) is 4.42. The molecule has 2 atom stereocenters. The number of hydrogen-bond acceptors (Lipinski definition) is 4. The molecule has 0 aromatic heterocycles. The van der Waals surface area contributed by atoms with Gasteiger partial charge < -0.3 is 15.3 Å². The minimum absolute atomic E-state index is 0.232. The van der Waals surface area contributed by atoms with Crippen LogP contribution < -0.4 is 0 Å². The molecule has 0 fully saturated rings. The second kappa shape index (κ2) is 6.12. The molecule has 0 aliphatic rings. The maximum Gasteiger partial charge on any atom is 0.0864 e. The summed E-state index contributed by atoms with van der Waals surface area (Å²) < 4.78 is 0. The van der Waals surface area contributed by atoms with Gasteiger partial charge >= 0.3 is 0 Å². The van der Waals surface area contributed by atoms with Gasteiger partial charge in [0, 0.05) is 10.6 Å². The molecule has 1 rings (SSSR count). The third kappa shape index (κ3) is 3.83. The summed E-state index contributed by atoms with van der Waals surface area (Å²) in [5.74, 6) is 0.431. The lowest BCUT2D eigenvalue weighted by Gasteiger charge is -2.12. The van der Waals surface area contributed by atoms with E-state index in [1.165, 1.54) is 11.8 Å². The second-order valence-electron chi connectivity index (χ2n) is 3.36. The van der Waals surface area contributed by atoms with Gasteiger partial charge in [0.15, 0.2) is 0 Å². The van der Waals surface area contributed by atoms with E-state index in [4.69, 9.17) is 5.11 Å². The van der Waals surface area contributed by atoms with Gasteiger partial charge in [-0.1, -0.05) is 18.2 Å². The Bertz CT molecular complexity index is 302. The van der Waals surface area contributed by atoms with Crippen molar-refractivity contribution >= 4 is 11.8 Å². The van der Waals surface area contributed by atoms with E-state index in [-0.39, 0.29) is 6.61 Å². The fourth-order valence-electron chi connectivity index (χ4n) is 1.20. The molecule has 15 heavy (non-hydrogen) atoms. The van der Waals surface area contributed by atoms with Crippen molar-refractivity contribution in [2.45, 2.75) is 24.0 Å². The van der Waals surface area contributed by atoms with Gasteiger partial charge in [-0.25, -0.2) is 0 Å². The van der Waals surface area contributed by atoms with Crippen LogP contribution in [-0.2, 0) is 0 Å². The van der Waals surface area contributed by atoms with Crippen molar-refractivity contribution in [1.29, 1.82) is 0 Å².